The predicted molar refractivity (Wildman–Crippen MR) is 113 cm³/mol. The SMILES string of the molecule is C=CCN1C(=O)C(=Cc2c(C)nn(-c3ccc(C)cc3C)c2Cl)SC1=S. The van der Waals surface area contributed by atoms with Crippen molar-refractivity contribution in [2.75, 3.05) is 6.54 Å². The van der Waals surface area contributed by atoms with Gasteiger partial charge in [-0.2, -0.15) is 5.10 Å². The van der Waals surface area contributed by atoms with Gasteiger partial charge in [0.05, 0.1) is 16.3 Å². The molecule has 1 saturated heterocycles. The van der Waals surface area contributed by atoms with E-state index in [9.17, 15) is 4.79 Å². The van der Waals surface area contributed by atoms with Crippen LogP contribution in [0.4, 0.5) is 0 Å². The molecule has 1 amide bonds. The number of hydrogen-bond acceptors (Lipinski definition) is 4. The lowest BCUT2D eigenvalue weighted by molar-refractivity contribution is -0.121. The second-order valence-corrected chi connectivity index (χ2v) is 8.11. The second kappa shape index (κ2) is 7.39. The molecule has 0 spiro atoms. The number of rotatable bonds is 4. The Hall–Kier alpha value is -1.89. The van der Waals surface area contributed by atoms with Gasteiger partial charge in [-0.15, -0.1) is 6.58 Å². The van der Waals surface area contributed by atoms with Crippen molar-refractivity contribution < 1.29 is 4.79 Å². The maximum atomic E-state index is 12.5. The van der Waals surface area contributed by atoms with Gasteiger partial charge in [0.25, 0.3) is 5.91 Å². The smallest absolute Gasteiger partial charge is 0.266 e. The average Bonchev–Trinajstić information content (AvgIpc) is 3.00. The van der Waals surface area contributed by atoms with Gasteiger partial charge in [0, 0.05) is 12.1 Å². The Kier molecular flexibility index (Phi) is 5.37. The molecule has 0 atom stereocenters. The molecule has 0 saturated carbocycles. The first-order chi connectivity index (χ1) is 12.3. The zero-order valence-corrected chi connectivity index (χ0v) is 17.1. The summed E-state index contributed by atoms with van der Waals surface area (Å²) in [5, 5.41) is 5.04. The zero-order valence-electron chi connectivity index (χ0n) is 14.7. The molecule has 26 heavy (non-hydrogen) atoms. The largest absolute Gasteiger partial charge is 0.289 e. The molecular weight excluding hydrogens is 386 g/mol. The summed E-state index contributed by atoms with van der Waals surface area (Å²) < 4.78 is 2.24. The Morgan fingerprint density at radius 2 is 2.08 bits per heavy atom. The summed E-state index contributed by atoms with van der Waals surface area (Å²) in [6.07, 6.45) is 3.43. The molecule has 134 valence electrons. The van der Waals surface area contributed by atoms with E-state index >= 15 is 0 Å². The van der Waals surface area contributed by atoms with Gasteiger partial charge in [0.2, 0.25) is 0 Å². The third-order valence-electron chi connectivity index (χ3n) is 4.09. The first kappa shape index (κ1) is 18.9. The average molecular weight is 404 g/mol. The van der Waals surface area contributed by atoms with Gasteiger partial charge in [-0.1, -0.05) is 59.4 Å². The van der Waals surface area contributed by atoms with Gasteiger partial charge in [-0.05, 0) is 38.5 Å². The predicted octanol–water partition coefficient (Wildman–Crippen LogP) is 4.84. The fourth-order valence-electron chi connectivity index (χ4n) is 2.80. The molecule has 1 fully saturated rings. The van der Waals surface area contributed by atoms with E-state index in [4.69, 9.17) is 23.8 Å². The van der Waals surface area contributed by atoms with Gasteiger partial charge >= 0.3 is 0 Å². The fraction of sp³-hybridized carbons (Fsp3) is 0.211. The van der Waals surface area contributed by atoms with E-state index in [-0.39, 0.29) is 5.91 Å². The summed E-state index contributed by atoms with van der Waals surface area (Å²) in [6, 6.07) is 6.11. The first-order valence-corrected chi connectivity index (χ1v) is 9.62. The van der Waals surface area contributed by atoms with E-state index in [1.807, 2.05) is 32.9 Å². The number of carbonyl (C=O) groups excluding carboxylic acids is 1. The minimum atomic E-state index is -0.130. The summed E-state index contributed by atoms with van der Waals surface area (Å²) in [5.41, 5.74) is 4.66. The number of benzene rings is 1. The third kappa shape index (κ3) is 3.37. The summed E-state index contributed by atoms with van der Waals surface area (Å²) in [7, 11) is 0. The third-order valence-corrected chi connectivity index (χ3v) is 5.83. The highest BCUT2D eigenvalue weighted by molar-refractivity contribution is 8.26. The molecule has 1 aromatic carbocycles. The molecule has 1 aliphatic rings. The molecule has 1 aromatic heterocycles. The van der Waals surface area contributed by atoms with E-state index in [0.717, 1.165) is 22.5 Å². The van der Waals surface area contributed by atoms with Crippen LogP contribution in [0.25, 0.3) is 11.8 Å². The first-order valence-electron chi connectivity index (χ1n) is 8.02. The number of hydrogen-bond donors (Lipinski definition) is 0. The Morgan fingerprint density at radius 3 is 2.73 bits per heavy atom. The van der Waals surface area contributed by atoms with Crippen molar-refractivity contribution in [2.24, 2.45) is 0 Å². The summed E-state index contributed by atoms with van der Waals surface area (Å²) in [4.78, 5) is 14.6. The Balaban J connectivity index is 2.03. The van der Waals surface area contributed by atoms with Crippen LogP contribution in [0.2, 0.25) is 5.15 Å². The van der Waals surface area contributed by atoms with Crippen molar-refractivity contribution in [1.29, 1.82) is 0 Å². The van der Waals surface area contributed by atoms with Crippen LogP contribution in [-0.2, 0) is 4.79 Å². The molecule has 3 rings (SSSR count). The standard InChI is InChI=1S/C19H18ClN3OS2/c1-5-8-22-18(24)16(26-19(22)25)10-14-13(4)21-23(17(14)20)15-7-6-11(2)9-12(15)3/h5-7,9-10H,1,8H2,2-4H3. The molecule has 1 aliphatic heterocycles. The number of thiocarbonyl (C=S) groups is 1. The molecule has 2 heterocycles. The van der Waals surface area contributed by atoms with E-state index in [1.165, 1.54) is 22.2 Å². The maximum Gasteiger partial charge on any atom is 0.266 e. The molecule has 0 radical (unpaired) electrons. The molecule has 7 heteroatoms. The number of carbonyl (C=O) groups is 1. The molecule has 0 aliphatic carbocycles. The summed E-state index contributed by atoms with van der Waals surface area (Å²) in [5.74, 6) is -0.130. The molecule has 0 N–H and O–H groups in total. The maximum absolute atomic E-state index is 12.5. The van der Waals surface area contributed by atoms with Crippen LogP contribution in [0.1, 0.15) is 22.4 Å². The van der Waals surface area contributed by atoms with Gasteiger partial charge in [0.15, 0.2) is 0 Å². The van der Waals surface area contributed by atoms with Crippen LogP contribution in [-0.4, -0.2) is 31.5 Å². The quantitative estimate of drug-likeness (QED) is 0.416. The van der Waals surface area contributed by atoms with Crippen LogP contribution >= 0.6 is 35.6 Å². The number of amides is 1. The minimum Gasteiger partial charge on any atom is -0.289 e. The number of aryl methyl sites for hydroxylation is 3. The summed E-state index contributed by atoms with van der Waals surface area (Å²) in [6.45, 7) is 10.0. The number of aromatic nitrogens is 2. The second-order valence-electron chi connectivity index (χ2n) is 6.07. The Morgan fingerprint density at radius 1 is 1.35 bits per heavy atom. The van der Waals surface area contributed by atoms with E-state index in [0.29, 0.717) is 20.9 Å². The topological polar surface area (TPSA) is 38.1 Å². The Labute approximate surface area is 167 Å². The highest BCUT2D eigenvalue weighted by atomic mass is 35.5. The number of halogens is 1. The van der Waals surface area contributed by atoms with Crippen molar-refractivity contribution in [2.45, 2.75) is 20.8 Å². The van der Waals surface area contributed by atoms with Crippen molar-refractivity contribution in [3.05, 3.63) is 63.3 Å². The number of thioether (sulfide) groups is 1. The zero-order chi connectivity index (χ0) is 19.0. The Bertz CT molecular complexity index is 962. The fourth-order valence-corrected chi connectivity index (χ4v) is 4.37. The van der Waals surface area contributed by atoms with Crippen LogP contribution in [0.5, 0.6) is 0 Å². The highest BCUT2D eigenvalue weighted by Crippen LogP contribution is 2.35. The monoisotopic (exact) mass is 403 g/mol. The van der Waals surface area contributed by atoms with Crippen molar-refractivity contribution in [3.63, 3.8) is 0 Å². The van der Waals surface area contributed by atoms with Gasteiger partial charge in [-0.25, -0.2) is 4.68 Å². The van der Waals surface area contributed by atoms with Crippen molar-refractivity contribution >= 4 is 51.9 Å². The van der Waals surface area contributed by atoms with Crippen LogP contribution in [0.3, 0.4) is 0 Å². The van der Waals surface area contributed by atoms with Gasteiger partial charge < -0.3 is 0 Å². The van der Waals surface area contributed by atoms with Crippen LogP contribution < -0.4 is 0 Å². The van der Waals surface area contributed by atoms with E-state index in [1.54, 1.807) is 16.8 Å². The van der Waals surface area contributed by atoms with Crippen LogP contribution in [0, 0.1) is 20.8 Å². The molecular formula is C19H18ClN3OS2. The van der Waals surface area contributed by atoms with E-state index in [2.05, 4.69) is 17.7 Å². The van der Waals surface area contributed by atoms with Gasteiger partial charge in [0.1, 0.15) is 9.47 Å². The highest BCUT2D eigenvalue weighted by Gasteiger charge is 2.31. The van der Waals surface area contributed by atoms with Crippen molar-refractivity contribution in [3.8, 4) is 5.69 Å². The molecule has 0 unspecified atom stereocenters. The van der Waals surface area contributed by atoms with Crippen LogP contribution in [0.15, 0.2) is 35.8 Å². The lowest BCUT2D eigenvalue weighted by Crippen LogP contribution is -2.27. The summed E-state index contributed by atoms with van der Waals surface area (Å²) >= 11 is 13.2. The minimum absolute atomic E-state index is 0.130. The number of nitrogens with zero attached hydrogens (tertiary/aromatic N) is 3. The molecule has 0 bridgehead atoms. The lowest BCUT2D eigenvalue weighted by atomic mass is 10.1. The molecule has 2 aromatic rings. The van der Waals surface area contributed by atoms with E-state index < -0.39 is 0 Å². The van der Waals surface area contributed by atoms with Crippen molar-refractivity contribution in [1.82, 2.24) is 14.7 Å². The lowest BCUT2D eigenvalue weighted by Gasteiger charge is -2.10. The normalized spacial score (nSPS) is 16.0. The van der Waals surface area contributed by atoms with Gasteiger partial charge in [-0.3, -0.25) is 9.69 Å². The molecule has 4 nitrogen and oxygen atoms in total.